The molecule has 164 valence electrons. The molecule has 1 aliphatic heterocycles. The summed E-state index contributed by atoms with van der Waals surface area (Å²) in [6, 6.07) is 11.9. The first-order chi connectivity index (χ1) is 14.9. The van der Waals surface area contributed by atoms with Gasteiger partial charge < -0.3 is 14.2 Å². The van der Waals surface area contributed by atoms with Crippen molar-refractivity contribution in [1.82, 2.24) is 4.90 Å². The Bertz CT molecular complexity index is 994. The van der Waals surface area contributed by atoms with Gasteiger partial charge in [-0.15, -0.1) is 0 Å². The van der Waals surface area contributed by atoms with Crippen molar-refractivity contribution in [3.63, 3.8) is 0 Å². The van der Waals surface area contributed by atoms with Gasteiger partial charge in [0.2, 0.25) is 0 Å². The fourth-order valence-electron chi connectivity index (χ4n) is 2.84. The molecule has 1 aliphatic rings. The van der Waals surface area contributed by atoms with Crippen molar-refractivity contribution in [2.75, 3.05) is 26.9 Å². The summed E-state index contributed by atoms with van der Waals surface area (Å²) >= 11 is 5.40. The van der Waals surface area contributed by atoms with Crippen LogP contribution < -0.4 is 9.47 Å². The lowest BCUT2D eigenvalue weighted by molar-refractivity contribution is -0.123. The number of carbonyl (C=O) groups excluding carboxylic acids is 2. The highest BCUT2D eigenvalue weighted by molar-refractivity contribution is 14.1. The molecule has 0 atom stereocenters. The van der Waals surface area contributed by atoms with Crippen LogP contribution in [0.1, 0.15) is 18.1 Å². The van der Waals surface area contributed by atoms with Crippen LogP contribution in [0.3, 0.4) is 0 Å². The smallest absolute Gasteiger partial charge is 0.293 e. The van der Waals surface area contributed by atoms with E-state index in [2.05, 4.69) is 45.2 Å². The Balaban J connectivity index is 1.82. The molecule has 0 radical (unpaired) electrons. The highest BCUT2D eigenvalue weighted by Gasteiger charge is 2.34. The second kappa shape index (κ2) is 11.5. The number of benzene rings is 2. The second-order valence-electron chi connectivity index (χ2n) is 6.50. The molecule has 1 saturated heterocycles. The third kappa shape index (κ3) is 6.36. The van der Waals surface area contributed by atoms with Gasteiger partial charge >= 0.3 is 0 Å². The lowest BCUT2D eigenvalue weighted by atomic mass is 10.1. The highest BCUT2D eigenvalue weighted by atomic mass is 127. The minimum Gasteiger partial charge on any atom is -0.490 e. The Morgan fingerprint density at radius 1 is 1.10 bits per heavy atom. The van der Waals surface area contributed by atoms with E-state index < -0.39 is 0 Å². The van der Waals surface area contributed by atoms with E-state index in [1.165, 1.54) is 15.6 Å². The predicted molar refractivity (Wildman–Crippen MR) is 138 cm³/mol. The number of amides is 2. The van der Waals surface area contributed by atoms with Crippen LogP contribution in [0.25, 0.3) is 6.08 Å². The van der Waals surface area contributed by atoms with Gasteiger partial charge in [0.25, 0.3) is 11.1 Å². The highest BCUT2D eigenvalue weighted by Crippen LogP contribution is 2.37. The Hall–Kier alpha value is -1.31. The SMILES string of the molecule is CCOc1cc(/C=C2/SC(=O)N(CCOC)C2=O)cc(I)c1OCc1ccc(I)cc1. The number of rotatable bonds is 9. The first kappa shape index (κ1) is 24.3. The van der Waals surface area contributed by atoms with Gasteiger partial charge in [0.15, 0.2) is 11.5 Å². The van der Waals surface area contributed by atoms with Crippen LogP contribution in [0.15, 0.2) is 41.3 Å². The molecule has 2 aromatic carbocycles. The van der Waals surface area contributed by atoms with Gasteiger partial charge in [0, 0.05) is 10.7 Å². The summed E-state index contributed by atoms with van der Waals surface area (Å²) in [4.78, 5) is 26.3. The van der Waals surface area contributed by atoms with E-state index in [0.717, 1.165) is 26.5 Å². The Kier molecular flexibility index (Phi) is 9.05. The molecule has 2 amide bonds. The Morgan fingerprint density at radius 2 is 1.84 bits per heavy atom. The van der Waals surface area contributed by atoms with Crippen LogP contribution in [0, 0.1) is 7.14 Å². The van der Waals surface area contributed by atoms with Crippen molar-refractivity contribution < 1.29 is 23.8 Å². The molecular weight excluding hydrogens is 644 g/mol. The summed E-state index contributed by atoms with van der Waals surface area (Å²) in [6.07, 6.45) is 1.71. The first-order valence-electron chi connectivity index (χ1n) is 9.50. The molecule has 0 aromatic heterocycles. The lowest BCUT2D eigenvalue weighted by Crippen LogP contribution is -2.31. The van der Waals surface area contributed by atoms with E-state index in [1.807, 2.05) is 43.3 Å². The van der Waals surface area contributed by atoms with Crippen LogP contribution >= 0.6 is 56.9 Å². The quantitative estimate of drug-likeness (QED) is 0.259. The second-order valence-corrected chi connectivity index (χ2v) is 9.91. The van der Waals surface area contributed by atoms with Gasteiger partial charge in [0.1, 0.15) is 6.61 Å². The van der Waals surface area contributed by atoms with E-state index in [-0.39, 0.29) is 17.7 Å². The van der Waals surface area contributed by atoms with Crippen LogP contribution in [-0.2, 0) is 16.1 Å². The molecule has 0 spiro atoms. The van der Waals surface area contributed by atoms with Gasteiger partial charge in [0.05, 0.1) is 28.2 Å². The number of nitrogens with zero attached hydrogens (tertiary/aromatic N) is 1. The number of halogens is 2. The summed E-state index contributed by atoms with van der Waals surface area (Å²) in [5.74, 6) is 0.954. The monoisotopic (exact) mass is 665 g/mol. The molecule has 6 nitrogen and oxygen atoms in total. The van der Waals surface area contributed by atoms with Crippen LogP contribution in [0.2, 0.25) is 0 Å². The molecule has 31 heavy (non-hydrogen) atoms. The largest absolute Gasteiger partial charge is 0.490 e. The maximum atomic E-state index is 12.6. The normalized spacial score (nSPS) is 15.1. The number of hydrogen-bond acceptors (Lipinski definition) is 6. The maximum absolute atomic E-state index is 12.6. The molecule has 0 N–H and O–H groups in total. The van der Waals surface area contributed by atoms with Crippen molar-refractivity contribution in [3.05, 3.63) is 59.6 Å². The first-order valence-corrected chi connectivity index (χ1v) is 12.5. The van der Waals surface area contributed by atoms with Gasteiger partial charge in [-0.3, -0.25) is 14.5 Å². The molecule has 1 heterocycles. The van der Waals surface area contributed by atoms with Crippen LogP contribution in [0.4, 0.5) is 4.79 Å². The predicted octanol–water partition coefficient (Wildman–Crippen LogP) is 5.56. The van der Waals surface area contributed by atoms with Crippen molar-refractivity contribution >= 4 is 74.2 Å². The molecule has 3 rings (SSSR count). The van der Waals surface area contributed by atoms with E-state index in [0.29, 0.717) is 36.2 Å². The standard InChI is InChI=1S/C22H21I2NO5S/c1-3-29-18-11-15(12-19-21(26)25(8-9-28-2)22(27)31-19)10-17(24)20(18)30-13-14-4-6-16(23)7-5-14/h4-7,10-12H,3,8-9,13H2,1-2H3/b19-12+. The van der Waals surface area contributed by atoms with E-state index >= 15 is 0 Å². The number of imide groups is 1. The number of carbonyl (C=O) groups is 2. The summed E-state index contributed by atoms with van der Waals surface area (Å²) < 4.78 is 18.9. The molecular formula is C22H21I2NO5S. The van der Waals surface area contributed by atoms with E-state index in [4.69, 9.17) is 14.2 Å². The number of hydrogen-bond donors (Lipinski definition) is 0. The Morgan fingerprint density at radius 3 is 2.52 bits per heavy atom. The van der Waals surface area contributed by atoms with Crippen LogP contribution in [0.5, 0.6) is 11.5 Å². The van der Waals surface area contributed by atoms with Crippen molar-refractivity contribution in [1.29, 1.82) is 0 Å². The van der Waals surface area contributed by atoms with Gasteiger partial charge in [-0.05, 0) is 105 Å². The molecule has 1 fully saturated rings. The number of methoxy groups -OCH3 is 1. The zero-order valence-electron chi connectivity index (χ0n) is 17.0. The lowest BCUT2D eigenvalue weighted by Gasteiger charge is -2.15. The zero-order valence-corrected chi connectivity index (χ0v) is 22.2. The summed E-state index contributed by atoms with van der Waals surface area (Å²) in [5, 5.41) is -0.287. The molecule has 0 aliphatic carbocycles. The van der Waals surface area contributed by atoms with Crippen molar-refractivity contribution in [3.8, 4) is 11.5 Å². The number of ether oxygens (including phenoxy) is 3. The fourth-order valence-corrected chi connectivity index (χ4v) is 4.84. The average molecular weight is 665 g/mol. The summed E-state index contributed by atoms with van der Waals surface area (Å²) in [6.45, 7) is 3.36. The Labute approximate surface area is 213 Å². The minimum atomic E-state index is -0.306. The maximum Gasteiger partial charge on any atom is 0.293 e. The summed E-state index contributed by atoms with van der Waals surface area (Å²) in [7, 11) is 1.54. The average Bonchev–Trinajstić information content (AvgIpc) is 3.00. The van der Waals surface area contributed by atoms with Gasteiger partial charge in [-0.1, -0.05) is 12.1 Å². The van der Waals surface area contributed by atoms with Crippen LogP contribution in [-0.4, -0.2) is 42.9 Å². The third-order valence-electron chi connectivity index (χ3n) is 4.32. The minimum absolute atomic E-state index is 0.242. The molecule has 0 saturated carbocycles. The van der Waals surface area contributed by atoms with Crippen molar-refractivity contribution in [2.24, 2.45) is 0 Å². The fraction of sp³-hybridized carbons (Fsp3) is 0.273. The van der Waals surface area contributed by atoms with E-state index in [9.17, 15) is 9.59 Å². The molecule has 0 bridgehead atoms. The van der Waals surface area contributed by atoms with Gasteiger partial charge in [-0.2, -0.15) is 0 Å². The number of thioether (sulfide) groups is 1. The molecule has 9 heteroatoms. The topological polar surface area (TPSA) is 65.1 Å². The molecule has 2 aromatic rings. The molecule has 0 unspecified atom stereocenters. The summed E-state index contributed by atoms with van der Waals surface area (Å²) in [5.41, 5.74) is 1.83. The zero-order chi connectivity index (χ0) is 22.4. The van der Waals surface area contributed by atoms with Crippen molar-refractivity contribution in [2.45, 2.75) is 13.5 Å². The van der Waals surface area contributed by atoms with E-state index in [1.54, 1.807) is 6.08 Å². The third-order valence-corrected chi connectivity index (χ3v) is 6.75. The van der Waals surface area contributed by atoms with Gasteiger partial charge in [-0.25, -0.2) is 0 Å².